The van der Waals surface area contributed by atoms with Crippen molar-refractivity contribution in [1.82, 2.24) is 5.32 Å². The van der Waals surface area contributed by atoms with E-state index in [2.05, 4.69) is 37.4 Å². The third-order valence-electron chi connectivity index (χ3n) is 4.10. The Morgan fingerprint density at radius 1 is 1.19 bits per heavy atom. The molecule has 2 rings (SSSR count). The van der Waals surface area contributed by atoms with Crippen LogP contribution < -0.4 is 5.32 Å². The molecule has 1 amide bonds. The van der Waals surface area contributed by atoms with Gasteiger partial charge in [-0.05, 0) is 36.1 Å². The molecule has 0 aliphatic rings. The van der Waals surface area contributed by atoms with Crippen LogP contribution in [0.15, 0.2) is 42.5 Å². The first kappa shape index (κ1) is 15.8. The molecule has 3 heteroatoms. The first-order valence-electron chi connectivity index (χ1n) is 7.41. The molecule has 0 aliphatic carbocycles. The summed E-state index contributed by atoms with van der Waals surface area (Å²) in [5.74, 6) is 0.611. The van der Waals surface area contributed by atoms with Gasteiger partial charge in [-0.25, -0.2) is 0 Å². The van der Waals surface area contributed by atoms with E-state index in [1.165, 1.54) is 5.39 Å². The topological polar surface area (TPSA) is 29.1 Å². The molecule has 0 spiro atoms. The fraction of sp³-hybridized carbons (Fsp3) is 0.389. The maximum absolute atomic E-state index is 12.4. The second-order valence-corrected chi connectivity index (χ2v) is 6.09. The van der Waals surface area contributed by atoms with Gasteiger partial charge in [-0.15, -0.1) is 11.6 Å². The second-order valence-electron chi connectivity index (χ2n) is 5.72. The number of rotatable bonds is 6. The Morgan fingerprint density at radius 2 is 1.90 bits per heavy atom. The number of fused-ring (bicyclic) bond motifs is 1. The minimum atomic E-state index is -0.219. The molecule has 0 heterocycles. The smallest absolute Gasteiger partial charge is 0.224 e. The van der Waals surface area contributed by atoms with E-state index < -0.39 is 0 Å². The summed E-state index contributed by atoms with van der Waals surface area (Å²) in [5, 5.41) is 5.45. The first-order chi connectivity index (χ1) is 10.1. The van der Waals surface area contributed by atoms with E-state index in [4.69, 9.17) is 11.6 Å². The standard InChI is InChI=1S/C18H22ClNO/c1-3-18(2,11-12-19)20-17(21)13-15-9-6-8-14-7-4-5-10-16(14)15/h4-10H,3,11-13H2,1-2H3,(H,20,21). The highest BCUT2D eigenvalue weighted by Gasteiger charge is 2.23. The average molecular weight is 304 g/mol. The Hall–Kier alpha value is -1.54. The molecule has 2 aromatic carbocycles. The highest BCUT2D eigenvalue weighted by Crippen LogP contribution is 2.20. The van der Waals surface area contributed by atoms with E-state index in [9.17, 15) is 4.79 Å². The van der Waals surface area contributed by atoms with Gasteiger partial charge < -0.3 is 5.32 Å². The monoisotopic (exact) mass is 303 g/mol. The summed E-state index contributed by atoms with van der Waals surface area (Å²) in [4.78, 5) is 12.4. The predicted octanol–water partition coefficient (Wildman–Crippen LogP) is 4.30. The van der Waals surface area contributed by atoms with Crippen LogP contribution in [0.3, 0.4) is 0 Å². The van der Waals surface area contributed by atoms with E-state index in [-0.39, 0.29) is 11.4 Å². The number of alkyl halides is 1. The van der Waals surface area contributed by atoms with Crippen molar-refractivity contribution in [1.29, 1.82) is 0 Å². The molecule has 0 fully saturated rings. The highest BCUT2D eigenvalue weighted by atomic mass is 35.5. The second kappa shape index (κ2) is 6.95. The third kappa shape index (κ3) is 3.98. The molecule has 0 saturated heterocycles. The Labute approximate surface area is 131 Å². The largest absolute Gasteiger partial charge is 0.351 e. The minimum Gasteiger partial charge on any atom is -0.351 e. The SMILES string of the molecule is CCC(C)(CCCl)NC(=O)Cc1cccc2ccccc12. The van der Waals surface area contributed by atoms with Crippen LogP contribution in [0.4, 0.5) is 0 Å². The number of carbonyl (C=O) groups excluding carboxylic acids is 1. The van der Waals surface area contributed by atoms with E-state index in [1.54, 1.807) is 0 Å². The van der Waals surface area contributed by atoms with Crippen molar-refractivity contribution in [3.63, 3.8) is 0 Å². The summed E-state index contributed by atoms with van der Waals surface area (Å²) in [6.07, 6.45) is 2.06. The molecule has 112 valence electrons. The first-order valence-corrected chi connectivity index (χ1v) is 7.95. The molecule has 0 saturated carbocycles. The number of halogens is 1. The molecular weight excluding hydrogens is 282 g/mol. The van der Waals surface area contributed by atoms with Gasteiger partial charge in [0, 0.05) is 11.4 Å². The number of hydrogen-bond acceptors (Lipinski definition) is 1. The van der Waals surface area contributed by atoms with Crippen molar-refractivity contribution in [3.05, 3.63) is 48.0 Å². The van der Waals surface area contributed by atoms with Gasteiger partial charge in [0.15, 0.2) is 0 Å². The average Bonchev–Trinajstić information content (AvgIpc) is 2.48. The van der Waals surface area contributed by atoms with Gasteiger partial charge in [0.05, 0.1) is 6.42 Å². The van der Waals surface area contributed by atoms with Crippen molar-refractivity contribution in [3.8, 4) is 0 Å². The Kier molecular flexibility index (Phi) is 5.24. The molecule has 0 radical (unpaired) electrons. The van der Waals surface area contributed by atoms with Crippen molar-refractivity contribution >= 4 is 28.3 Å². The van der Waals surface area contributed by atoms with Crippen LogP contribution in [0.5, 0.6) is 0 Å². The van der Waals surface area contributed by atoms with E-state index in [1.807, 2.05) is 24.3 Å². The number of carbonyl (C=O) groups is 1. The summed E-state index contributed by atoms with van der Waals surface area (Å²) in [5.41, 5.74) is 0.846. The van der Waals surface area contributed by atoms with Crippen LogP contribution in [0, 0.1) is 0 Å². The summed E-state index contributed by atoms with van der Waals surface area (Å²) in [6.45, 7) is 4.13. The van der Waals surface area contributed by atoms with Gasteiger partial charge in [-0.1, -0.05) is 49.4 Å². The number of amides is 1. The maximum Gasteiger partial charge on any atom is 0.224 e. The van der Waals surface area contributed by atoms with Gasteiger partial charge >= 0.3 is 0 Å². The van der Waals surface area contributed by atoms with Crippen molar-refractivity contribution in [2.45, 2.75) is 38.6 Å². The van der Waals surface area contributed by atoms with Crippen LogP contribution in [0.2, 0.25) is 0 Å². The Morgan fingerprint density at radius 3 is 2.62 bits per heavy atom. The molecule has 1 N–H and O–H groups in total. The Bertz CT molecular complexity index is 620. The zero-order chi connectivity index (χ0) is 15.3. The van der Waals surface area contributed by atoms with E-state index in [0.29, 0.717) is 12.3 Å². The number of nitrogens with one attached hydrogen (secondary N) is 1. The minimum absolute atomic E-state index is 0.0563. The van der Waals surface area contributed by atoms with E-state index >= 15 is 0 Å². The lowest BCUT2D eigenvalue weighted by molar-refractivity contribution is -0.122. The number of hydrogen-bond donors (Lipinski definition) is 1. The summed E-state index contributed by atoms with van der Waals surface area (Å²) < 4.78 is 0. The van der Waals surface area contributed by atoms with E-state index in [0.717, 1.165) is 23.8 Å². The molecule has 0 bridgehead atoms. The van der Waals surface area contributed by atoms with Gasteiger partial charge in [0.1, 0.15) is 0 Å². The normalized spacial score (nSPS) is 13.9. The molecule has 0 aromatic heterocycles. The predicted molar refractivity (Wildman–Crippen MR) is 89.8 cm³/mol. The zero-order valence-electron chi connectivity index (χ0n) is 12.7. The van der Waals surface area contributed by atoms with Crippen LogP contribution in [0.25, 0.3) is 10.8 Å². The van der Waals surface area contributed by atoms with Gasteiger partial charge in [0.2, 0.25) is 5.91 Å². The van der Waals surface area contributed by atoms with Crippen LogP contribution in [-0.4, -0.2) is 17.3 Å². The third-order valence-corrected chi connectivity index (χ3v) is 4.29. The van der Waals surface area contributed by atoms with Crippen LogP contribution >= 0.6 is 11.6 Å². The fourth-order valence-electron chi connectivity index (χ4n) is 2.54. The highest BCUT2D eigenvalue weighted by molar-refractivity contribution is 6.17. The van der Waals surface area contributed by atoms with Crippen LogP contribution in [-0.2, 0) is 11.2 Å². The molecule has 2 nitrogen and oxygen atoms in total. The lowest BCUT2D eigenvalue weighted by atomic mass is 9.94. The number of benzene rings is 2. The maximum atomic E-state index is 12.4. The van der Waals surface area contributed by atoms with Gasteiger partial charge in [-0.2, -0.15) is 0 Å². The van der Waals surface area contributed by atoms with Gasteiger partial charge in [0.25, 0.3) is 0 Å². The lowest BCUT2D eigenvalue weighted by Gasteiger charge is -2.29. The lowest BCUT2D eigenvalue weighted by Crippen LogP contribution is -2.46. The van der Waals surface area contributed by atoms with Crippen molar-refractivity contribution in [2.75, 3.05) is 5.88 Å². The molecule has 2 aromatic rings. The Balaban J connectivity index is 2.15. The van der Waals surface area contributed by atoms with Crippen molar-refractivity contribution < 1.29 is 4.79 Å². The molecular formula is C18H22ClNO. The van der Waals surface area contributed by atoms with Gasteiger partial charge in [-0.3, -0.25) is 4.79 Å². The molecule has 21 heavy (non-hydrogen) atoms. The molecule has 1 atom stereocenters. The fourth-order valence-corrected chi connectivity index (χ4v) is 2.95. The van der Waals surface area contributed by atoms with Crippen molar-refractivity contribution in [2.24, 2.45) is 0 Å². The van der Waals surface area contributed by atoms with Crippen LogP contribution in [0.1, 0.15) is 32.3 Å². The summed E-state index contributed by atoms with van der Waals surface area (Å²) in [7, 11) is 0. The summed E-state index contributed by atoms with van der Waals surface area (Å²) in [6, 6.07) is 14.3. The quantitative estimate of drug-likeness (QED) is 0.792. The molecule has 1 unspecified atom stereocenters. The molecule has 0 aliphatic heterocycles. The zero-order valence-corrected chi connectivity index (χ0v) is 13.4. The summed E-state index contributed by atoms with van der Waals surface area (Å²) >= 11 is 5.84.